The van der Waals surface area contributed by atoms with Crippen LogP contribution in [-0.2, 0) is 0 Å². The van der Waals surface area contributed by atoms with E-state index in [9.17, 15) is 4.39 Å². The highest BCUT2D eigenvalue weighted by atomic mass is 35.5. The molecule has 0 fully saturated rings. The number of aryl methyl sites for hydroxylation is 1. The van der Waals surface area contributed by atoms with E-state index in [2.05, 4.69) is 4.98 Å². The predicted molar refractivity (Wildman–Crippen MR) is 106 cm³/mol. The number of nitrogens with zero attached hydrogens (tertiary/aromatic N) is 1. The Morgan fingerprint density at radius 3 is 2.00 bits per heavy atom. The van der Waals surface area contributed by atoms with Crippen LogP contribution in [0.2, 0.25) is 5.02 Å². The second kappa shape index (κ2) is 7.25. The maximum atomic E-state index is 13.0. The number of rotatable bonds is 4. The van der Waals surface area contributed by atoms with Crippen molar-refractivity contribution in [2.24, 2.45) is 0 Å². The van der Waals surface area contributed by atoms with E-state index in [1.165, 1.54) is 12.1 Å². The minimum Gasteiger partial charge on any atom is -0.457 e. The Bertz CT molecular complexity index is 1060. The third-order valence-corrected chi connectivity index (χ3v) is 4.43. The SMILES string of the molecule is Cc1[nH]c(-c2ccc(Oc3ccc(F)cc3)cc2)nc1-c1ccc(Cl)cc1. The maximum absolute atomic E-state index is 13.0. The van der Waals surface area contributed by atoms with Gasteiger partial charge in [0.05, 0.1) is 5.69 Å². The average molecular weight is 379 g/mol. The Kier molecular flexibility index (Phi) is 4.65. The molecule has 0 unspecified atom stereocenters. The van der Waals surface area contributed by atoms with Crippen LogP contribution in [0, 0.1) is 12.7 Å². The molecule has 0 amide bonds. The number of ether oxygens (including phenoxy) is 1. The first kappa shape index (κ1) is 17.3. The summed E-state index contributed by atoms with van der Waals surface area (Å²) in [7, 11) is 0. The number of aromatic nitrogens is 2. The summed E-state index contributed by atoms with van der Waals surface area (Å²) in [6.45, 7) is 1.99. The van der Waals surface area contributed by atoms with Crippen LogP contribution in [0.3, 0.4) is 0 Å². The molecule has 1 aromatic heterocycles. The highest BCUT2D eigenvalue weighted by Gasteiger charge is 2.11. The second-order valence-corrected chi connectivity index (χ2v) is 6.58. The number of hydrogen-bond donors (Lipinski definition) is 1. The first-order valence-corrected chi connectivity index (χ1v) is 8.83. The zero-order chi connectivity index (χ0) is 18.8. The Morgan fingerprint density at radius 2 is 1.37 bits per heavy atom. The molecule has 134 valence electrons. The molecular formula is C22H16ClFN2O. The monoisotopic (exact) mass is 378 g/mol. The molecule has 4 aromatic rings. The molecule has 1 N–H and O–H groups in total. The van der Waals surface area contributed by atoms with Gasteiger partial charge >= 0.3 is 0 Å². The molecule has 4 rings (SSSR count). The van der Waals surface area contributed by atoms with E-state index in [-0.39, 0.29) is 5.82 Å². The van der Waals surface area contributed by atoms with Gasteiger partial charge in [-0.05, 0) is 67.6 Å². The molecule has 0 saturated carbocycles. The molecule has 27 heavy (non-hydrogen) atoms. The lowest BCUT2D eigenvalue weighted by Crippen LogP contribution is -1.86. The molecule has 0 saturated heterocycles. The molecule has 0 aliphatic heterocycles. The Morgan fingerprint density at radius 1 is 0.815 bits per heavy atom. The lowest BCUT2D eigenvalue weighted by molar-refractivity contribution is 0.480. The lowest BCUT2D eigenvalue weighted by atomic mass is 10.1. The first-order chi connectivity index (χ1) is 13.1. The minimum atomic E-state index is -0.289. The van der Waals surface area contributed by atoms with Crippen molar-refractivity contribution < 1.29 is 9.13 Å². The van der Waals surface area contributed by atoms with Gasteiger partial charge < -0.3 is 9.72 Å². The zero-order valence-electron chi connectivity index (χ0n) is 14.5. The number of hydrogen-bond acceptors (Lipinski definition) is 2. The number of nitrogens with one attached hydrogen (secondary N) is 1. The predicted octanol–water partition coefficient (Wildman–Crippen LogP) is 6.64. The molecule has 5 heteroatoms. The third kappa shape index (κ3) is 3.86. The van der Waals surface area contributed by atoms with Gasteiger partial charge in [0.2, 0.25) is 0 Å². The van der Waals surface area contributed by atoms with Gasteiger partial charge in [0.25, 0.3) is 0 Å². The van der Waals surface area contributed by atoms with Crippen LogP contribution in [0.4, 0.5) is 4.39 Å². The lowest BCUT2D eigenvalue weighted by Gasteiger charge is -2.06. The molecular weight excluding hydrogens is 363 g/mol. The van der Waals surface area contributed by atoms with Crippen LogP contribution >= 0.6 is 11.6 Å². The van der Waals surface area contributed by atoms with Gasteiger partial charge in [0.1, 0.15) is 23.1 Å². The van der Waals surface area contributed by atoms with Crippen molar-refractivity contribution in [3.63, 3.8) is 0 Å². The summed E-state index contributed by atoms with van der Waals surface area (Å²) in [4.78, 5) is 8.05. The van der Waals surface area contributed by atoms with Gasteiger partial charge in [0, 0.05) is 21.8 Å². The van der Waals surface area contributed by atoms with Crippen LogP contribution < -0.4 is 4.74 Å². The molecule has 1 heterocycles. The van der Waals surface area contributed by atoms with Crippen LogP contribution in [0.25, 0.3) is 22.6 Å². The third-order valence-electron chi connectivity index (χ3n) is 4.18. The van der Waals surface area contributed by atoms with Crippen molar-refractivity contribution in [3.05, 3.63) is 89.3 Å². The summed E-state index contributed by atoms with van der Waals surface area (Å²) >= 11 is 5.96. The number of benzene rings is 3. The van der Waals surface area contributed by atoms with Crippen molar-refractivity contribution >= 4 is 11.6 Å². The van der Waals surface area contributed by atoms with E-state index in [4.69, 9.17) is 21.3 Å². The normalized spacial score (nSPS) is 10.8. The summed E-state index contributed by atoms with van der Waals surface area (Å²) < 4.78 is 18.7. The largest absolute Gasteiger partial charge is 0.457 e. The Hall–Kier alpha value is -3.11. The van der Waals surface area contributed by atoms with Gasteiger partial charge in [-0.2, -0.15) is 0 Å². The summed E-state index contributed by atoms with van der Waals surface area (Å²) in [5.74, 6) is 1.75. The highest BCUT2D eigenvalue weighted by Crippen LogP contribution is 2.28. The first-order valence-electron chi connectivity index (χ1n) is 8.45. The van der Waals surface area contributed by atoms with Gasteiger partial charge in [-0.15, -0.1) is 0 Å². The van der Waals surface area contributed by atoms with E-state index in [1.54, 1.807) is 12.1 Å². The molecule has 0 aliphatic rings. The second-order valence-electron chi connectivity index (χ2n) is 6.15. The number of halogens is 2. The summed E-state index contributed by atoms with van der Waals surface area (Å²) in [5.41, 5.74) is 3.84. The van der Waals surface area contributed by atoms with E-state index in [1.807, 2.05) is 55.5 Å². The smallest absolute Gasteiger partial charge is 0.138 e. The summed E-state index contributed by atoms with van der Waals surface area (Å²) in [5, 5.41) is 0.698. The summed E-state index contributed by atoms with van der Waals surface area (Å²) in [6.07, 6.45) is 0. The van der Waals surface area contributed by atoms with Gasteiger partial charge in [-0.1, -0.05) is 23.7 Å². The number of H-pyrrole nitrogens is 1. The minimum absolute atomic E-state index is 0.289. The van der Waals surface area contributed by atoms with Crippen molar-refractivity contribution in [1.29, 1.82) is 0 Å². The fourth-order valence-electron chi connectivity index (χ4n) is 2.81. The van der Waals surface area contributed by atoms with Crippen molar-refractivity contribution in [2.75, 3.05) is 0 Å². The molecule has 0 aliphatic carbocycles. The fourth-order valence-corrected chi connectivity index (χ4v) is 2.93. The quantitative estimate of drug-likeness (QED) is 0.432. The molecule has 3 aromatic carbocycles. The van der Waals surface area contributed by atoms with Crippen LogP contribution in [0.5, 0.6) is 11.5 Å². The molecule has 3 nitrogen and oxygen atoms in total. The Labute approximate surface area is 161 Å². The van der Waals surface area contributed by atoms with Crippen LogP contribution in [0.1, 0.15) is 5.69 Å². The highest BCUT2D eigenvalue weighted by molar-refractivity contribution is 6.30. The van der Waals surface area contributed by atoms with E-state index in [0.29, 0.717) is 16.5 Å². The van der Waals surface area contributed by atoms with Crippen molar-refractivity contribution in [1.82, 2.24) is 9.97 Å². The van der Waals surface area contributed by atoms with E-state index in [0.717, 1.165) is 28.3 Å². The molecule has 0 bridgehead atoms. The van der Waals surface area contributed by atoms with Gasteiger partial charge in [-0.3, -0.25) is 0 Å². The van der Waals surface area contributed by atoms with E-state index < -0.39 is 0 Å². The summed E-state index contributed by atoms with van der Waals surface area (Å²) in [6, 6.07) is 21.1. The fraction of sp³-hybridized carbons (Fsp3) is 0.0455. The molecule has 0 spiro atoms. The number of imidazole rings is 1. The van der Waals surface area contributed by atoms with Crippen LogP contribution in [-0.4, -0.2) is 9.97 Å². The van der Waals surface area contributed by atoms with E-state index >= 15 is 0 Å². The van der Waals surface area contributed by atoms with Crippen LogP contribution in [0.15, 0.2) is 72.8 Å². The molecule has 0 atom stereocenters. The van der Waals surface area contributed by atoms with Gasteiger partial charge in [-0.25, -0.2) is 9.37 Å². The average Bonchev–Trinajstić information content (AvgIpc) is 3.07. The zero-order valence-corrected chi connectivity index (χ0v) is 15.3. The number of aromatic amines is 1. The van der Waals surface area contributed by atoms with Gasteiger partial charge in [0.15, 0.2) is 0 Å². The topological polar surface area (TPSA) is 37.9 Å². The standard InChI is InChI=1S/C22H16ClFN2O/c1-14-21(15-2-6-17(23)7-3-15)26-22(25-14)16-4-10-19(11-5-16)27-20-12-8-18(24)9-13-20/h2-13H,1H3,(H,25,26). The maximum Gasteiger partial charge on any atom is 0.138 e. The Balaban J connectivity index is 1.56. The molecule has 0 radical (unpaired) electrons. The van der Waals surface area contributed by atoms with Crippen molar-refractivity contribution in [3.8, 4) is 34.1 Å². The van der Waals surface area contributed by atoms with Crippen molar-refractivity contribution in [2.45, 2.75) is 6.92 Å².